The molecule has 2 N–H and O–H groups in total. The third-order valence-corrected chi connectivity index (χ3v) is 9.51. The average Bonchev–Trinajstić information content (AvgIpc) is 2.39. The maximum absolute atomic E-state index is 15.3. The molecule has 0 unspecified atom stereocenters. The van der Waals surface area contributed by atoms with Crippen molar-refractivity contribution >= 4 is 20.1 Å². The van der Waals surface area contributed by atoms with Crippen LogP contribution in [0.5, 0.6) is 0 Å². The Labute approximate surface area is 139 Å². The molecule has 7 heteroatoms. The van der Waals surface area contributed by atoms with Crippen LogP contribution < -0.4 is 10.6 Å². The number of aromatic nitrogens is 2. The lowest BCUT2D eigenvalue weighted by molar-refractivity contribution is -0.0000974. The van der Waals surface area contributed by atoms with Gasteiger partial charge in [-0.2, -0.15) is 4.98 Å². The summed E-state index contributed by atoms with van der Waals surface area (Å²) in [6.45, 7) is 13.3. The number of anilines is 2. The van der Waals surface area contributed by atoms with E-state index in [0.717, 1.165) is 0 Å². The first-order chi connectivity index (χ1) is 10.4. The lowest BCUT2D eigenvalue weighted by Gasteiger charge is -2.46. The molecule has 2 rings (SSSR count). The number of piperidine rings is 1. The molecular formula is C16H29FN4OSi. The van der Waals surface area contributed by atoms with Crippen LogP contribution in [0.4, 0.5) is 16.2 Å². The Kier molecular flexibility index (Phi) is 4.74. The predicted molar refractivity (Wildman–Crippen MR) is 94.9 cm³/mol. The molecule has 0 aliphatic carbocycles. The molecule has 0 spiro atoms. The van der Waals surface area contributed by atoms with Gasteiger partial charge in [-0.3, -0.25) is 0 Å². The third-order valence-electron chi connectivity index (χ3n) is 5.02. The minimum Gasteiger partial charge on any atom is -0.411 e. The van der Waals surface area contributed by atoms with E-state index >= 15 is 4.39 Å². The second-order valence-electron chi connectivity index (χ2n) is 8.14. The Bertz CT molecular complexity index is 559. The second kappa shape index (κ2) is 6.01. The molecule has 1 aromatic heterocycles. The van der Waals surface area contributed by atoms with Gasteiger partial charge >= 0.3 is 0 Å². The number of halogens is 1. The van der Waals surface area contributed by atoms with Gasteiger partial charge in [0.1, 0.15) is 11.5 Å². The van der Waals surface area contributed by atoms with E-state index in [2.05, 4.69) is 43.8 Å². The first-order valence-corrected chi connectivity index (χ1v) is 11.0. The summed E-state index contributed by atoms with van der Waals surface area (Å²) in [6.07, 6.45) is 1.84. The van der Waals surface area contributed by atoms with Gasteiger partial charge in [0, 0.05) is 12.7 Å². The van der Waals surface area contributed by atoms with E-state index < -0.39 is 14.0 Å². The van der Waals surface area contributed by atoms with Crippen molar-refractivity contribution in [2.75, 3.05) is 23.7 Å². The van der Waals surface area contributed by atoms with Gasteiger partial charge in [0.2, 0.25) is 5.95 Å². The van der Waals surface area contributed by atoms with Crippen molar-refractivity contribution in [1.82, 2.24) is 9.97 Å². The fourth-order valence-corrected chi connectivity index (χ4v) is 3.96. The van der Waals surface area contributed by atoms with E-state index in [1.54, 1.807) is 19.2 Å². The van der Waals surface area contributed by atoms with Crippen LogP contribution in [0.2, 0.25) is 18.1 Å². The quantitative estimate of drug-likeness (QED) is 0.855. The molecule has 0 bridgehead atoms. The monoisotopic (exact) mass is 340 g/mol. The van der Waals surface area contributed by atoms with Crippen molar-refractivity contribution in [3.8, 4) is 0 Å². The Hall–Kier alpha value is -1.21. The molecule has 5 nitrogen and oxygen atoms in total. The Balaban J connectivity index is 2.12. The number of nitrogen functional groups attached to an aromatic ring is 1. The fraction of sp³-hybridized carbons (Fsp3) is 0.750. The number of hydrogen-bond donors (Lipinski definition) is 1. The Morgan fingerprint density at radius 1 is 1.43 bits per heavy atom. The van der Waals surface area contributed by atoms with Gasteiger partial charge < -0.3 is 15.1 Å². The average molecular weight is 341 g/mol. The largest absolute Gasteiger partial charge is 0.411 e. The minimum absolute atomic E-state index is 0.0667. The summed E-state index contributed by atoms with van der Waals surface area (Å²) in [5.74, 6) is 0.884. The minimum atomic E-state index is -2.00. The fourth-order valence-electron chi connectivity index (χ4n) is 2.53. The molecule has 1 saturated heterocycles. The molecule has 23 heavy (non-hydrogen) atoms. The molecular weight excluding hydrogens is 311 g/mol. The van der Waals surface area contributed by atoms with Crippen LogP contribution in [0, 0.1) is 0 Å². The maximum atomic E-state index is 15.3. The highest BCUT2D eigenvalue weighted by Crippen LogP contribution is 2.40. The van der Waals surface area contributed by atoms with Crippen molar-refractivity contribution in [2.45, 2.75) is 64.0 Å². The van der Waals surface area contributed by atoms with E-state index in [1.165, 1.54) is 0 Å². The summed E-state index contributed by atoms with van der Waals surface area (Å²) in [5, 5.41) is 0.0667. The van der Waals surface area contributed by atoms with E-state index in [4.69, 9.17) is 10.2 Å². The molecule has 130 valence electrons. The summed E-state index contributed by atoms with van der Waals surface area (Å²) < 4.78 is 21.6. The molecule has 1 aliphatic heterocycles. The van der Waals surface area contributed by atoms with Crippen molar-refractivity contribution in [3.63, 3.8) is 0 Å². The Morgan fingerprint density at radius 2 is 2.09 bits per heavy atom. The molecule has 0 amide bonds. The van der Waals surface area contributed by atoms with Crippen LogP contribution in [0.15, 0.2) is 12.3 Å². The van der Waals surface area contributed by atoms with Crippen LogP contribution in [-0.4, -0.2) is 43.1 Å². The van der Waals surface area contributed by atoms with Gasteiger partial charge in [-0.1, -0.05) is 20.8 Å². The molecule has 0 radical (unpaired) electrons. The summed E-state index contributed by atoms with van der Waals surface area (Å²) in [4.78, 5) is 10.2. The molecule has 0 saturated carbocycles. The normalized spacial score (nSPS) is 26.4. The van der Waals surface area contributed by atoms with Gasteiger partial charge in [0.25, 0.3) is 0 Å². The van der Waals surface area contributed by atoms with Crippen LogP contribution in [0.3, 0.4) is 0 Å². The molecule has 0 aromatic carbocycles. The van der Waals surface area contributed by atoms with Gasteiger partial charge in [-0.15, -0.1) is 0 Å². The van der Waals surface area contributed by atoms with Crippen molar-refractivity contribution in [1.29, 1.82) is 0 Å². The predicted octanol–water partition coefficient (Wildman–Crippen LogP) is 3.39. The van der Waals surface area contributed by atoms with Crippen molar-refractivity contribution < 1.29 is 8.82 Å². The smallest absolute Gasteiger partial charge is 0.227 e. The van der Waals surface area contributed by atoms with E-state index in [1.807, 2.05) is 4.90 Å². The topological polar surface area (TPSA) is 64.3 Å². The van der Waals surface area contributed by atoms with Crippen molar-refractivity contribution in [3.05, 3.63) is 12.3 Å². The number of nitrogens with two attached hydrogens (primary N) is 1. The van der Waals surface area contributed by atoms with E-state index in [-0.39, 0.29) is 17.7 Å². The van der Waals surface area contributed by atoms with Gasteiger partial charge in [0.05, 0.1) is 12.6 Å². The van der Waals surface area contributed by atoms with Crippen molar-refractivity contribution in [2.24, 2.45) is 0 Å². The van der Waals surface area contributed by atoms with E-state index in [9.17, 15) is 0 Å². The zero-order chi connectivity index (χ0) is 17.5. The zero-order valence-electron chi connectivity index (χ0n) is 15.1. The number of rotatable bonds is 3. The summed E-state index contributed by atoms with van der Waals surface area (Å²) in [7, 11) is -2.00. The molecule has 2 heterocycles. The Morgan fingerprint density at radius 3 is 2.61 bits per heavy atom. The molecule has 1 fully saturated rings. The first kappa shape index (κ1) is 18.1. The van der Waals surface area contributed by atoms with Crippen LogP contribution in [-0.2, 0) is 4.43 Å². The number of alkyl halides is 1. The van der Waals surface area contributed by atoms with Gasteiger partial charge in [-0.05, 0) is 37.5 Å². The van der Waals surface area contributed by atoms with Crippen LogP contribution in [0.25, 0.3) is 0 Å². The lowest BCUT2D eigenvalue weighted by atomic mass is 9.94. The molecule has 1 aliphatic rings. The number of hydrogen-bond acceptors (Lipinski definition) is 5. The standard InChI is InChI=1S/C16H29FN4OSi/c1-15(2,3)23(5,6)22-12-8-10-21(11-16(12,4)17)14-19-9-7-13(18)20-14/h7,9,12H,8,10-11H2,1-6H3,(H2,18,19,20)/t12-,16+/m1/s1. The van der Waals surface area contributed by atoms with Crippen LogP contribution in [0.1, 0.15) is 34.1 Å². The molecule has 1 aromatic rings. The highest BCUT2D eigenvalue weighted by molar-refractivity contribution is 6.74. The second-order valence-corrected chi connectivity index (χ2v) is 12.9. The SMILES string of the molecule is CC(C)(C)[Si](C)(C)O[C@@H]1CCN(c2nccc(N)n2)C[C@]1(C)F. The maximum Gasteiger partial charge on any atom is 0.227 e. The zero-order valence-corrected chi connectivity index (χ0v) is 16.1. The summed E-state index contributed by atoms with van der Waals surface area (Å²) in [5.41, 5.74) is 4.26. The highest BCUT2D eigenvalue weighted by Gasteiger charge is 2.47. The summed E-state index contributed by atoms with van der Waals surface area (Å²) in [6, 6.07) is 1.63. The highest BCUT2D eigenvalue weighted by atomic mass is 28.4. The summed E-state index contributed by atoms with van der Waals surface area (Å²) >= 11 is 0. The van der Waals surface area contributed by atoms with E-state index in [0.29, 0.717) is 24.7 Å². The van der Waals surface area contributed by atoms with Crippen LogP contribution >= 0.6 is 0 Å². The lowest BCUT2D eigenvalue weighted by Crippen LogP contribution is -2.58. The third kappa shape index (κ3) is 4.01. The number of nitrogens with zero attached hydrogens (tertiary/aromatic N) is 3. The first-order valence-electron chi connectivity index (χ1n) is 8.13. The molecule has 2 atom stereocenters. The van der Waals surface area contributed by atoms with Gasteiger partial charge in [0.15, 0.2) is 8.32 Å². The van der Waals surface area contributed by atoms with Gasteiger partial charge in [-0.25, -0.2) is 9.37 Å².